The molecule has 6 atom stereocenters. The van der Waals surface area contributed by atoms with E-state index in [1.807, 2.05) is 0 Å². The maximum Gasteiger partial charge on any atom is 3.00 e. The first-order chi connectivity index (χ1) is 52.3. The second-order valence-electron chi connectivity index (χ2n) is 24.3. The van der Waals surface area contributed by atoms with Crippen molar-refractivity contribution < 1.29 is 322 Å². The summed E-state index contributed by atoms with van der Waals surface area (Å²) >= 11 is 0. The summed E-state index contributed by atoms with van der Waals surface area (Å²) in [5.74, 6) is -22.7. The largest absolute Gasteiger partial charge is 3.00 e. The Morgan fingerprint density at radius 3 is 0.565 bits per heavy atom. The summed E-state index contributed by atoms with van der Waals surface area (Å²) in [6.07, 6.45) is -2.72. The molecule has 0 aliphatic heterocycles. The number of carbonyl (C=O) groups excluding carboxylic acids is 12. The maximum absolute atomic E-state index is 11.6. The van der Waals surface area contributed by atoms with Gasteiger partial charge in [-0.15, -0.1) is 0 Å². The van der Waals surface area contributed by atoms with Crippen LogP contribution in [0, 0.1) is 160 Å². The number of aliphatic carboxylic acids is 15. The number of ether oxygens (including phenoxy) is 3. The smallest absolute Gasteiger partial charge is 0.549 e. The normalized spacial score (nSPS) is 12.5. The number of hydrogen-bond donors (Lipinski definition) is 3. The van der Waals surface area contributed by atoms with Crippen molar-refractivity contribution in [2.24, 2.45) is 0 Å². The standard InChI is InChI=1S/3C23H33N3O11.4Gd/c3*1-2-37-23(16-6-4-3-5-7-16)17(26(14-21(33)34)15-22(35)36)10-24(11-18(27)28)8-9-25(12-19(29)30)13-20(31)32;;;;/h3*3-7,17,23H,2,8-15H2,1H3,(H,27,28)(H,29,30)(H,31,32)(H,33,34)(H,35,36);;;;/q;;;4*+3/p-12. The molecule has 0 bridgehead atoms. The van der Waals surface area contributed by atoms with Crippen molar-refractivity contribution in [2.75, 3.05) is 177 Å². The van der Waals surface area contributed by atoms with Gasteiger partial charge in [0, 0.05) is 157 Å². The molecule has 46 heteroatoms. The molecule has 0 fully saturated rings. The summed E-state index contributed by atoms with van der Waals surface area (Å²) in [5, 5.41) is 163. The van der Waals surface area contributed by atoms with E-state index in [0.29, 0.717) is 16.7 Å². The van der Waals surface area contributed by atoms with Crippen LogP contribution in [0.2, 0.25) is 0 Å². The molecule has 0 saturated carbocycles. The van der Waals surface area contributed by atoms with Crippen molar-refractivity contribution >= 4 is 89.5 Å². The van der Waals surface area contributed by atoms with E-state index in [1.54, 1.807) is 112 Å². The SMILES string of the molecule is CCOC(c1ccccc1)C(CN(CCN(CC(=O)[O-])CC(=O)[O-])CC(=O)[O-])N(CC(=O)[O-])CC(=O)O.CCOC(c1ccccc1)C(CN(CCN(CC(=O)[O-])CC(=O)[O-])CC(=O)[O-])N(CC(=O)[O-])CC(=O)O.CCOC(c1ccccc1)C(CN(CCN(CC(=O)[O-])CC(=O)[O-])CC(=O)[O-])N(CC(=O)[O-])CC(=O)O.[Gd+3].[Gd+3].[Gd+3].[Gd+3]. The Morgan fingerprint density at radius 2 is 0.417 bits per heavy atom. The summed E-state index contributed by atoms with van der Waals surface area (Å²) in [6.45, 7) is -8.06. The zero-order valence-electron chi connectivity index (χ0n) is 62.2. The molecule has 0 saturated heterocycles. The van der Waals surface area contributed by atoms with Crippen molar-refractivity contribution in [3.05, 3.63) is 108 Å². The van der Waals surface area contributed by atoms with E-state index >= 15 is 0 Å². The Labute approximate surface area is 788 Å². The van der Waals surface area contributed by atoms with Crippen LogP contribution in [0.4, 0.5) is 0 Å². The van der Waals surface area contributed by atoms with E-state index in [-0.39, 0.29) is 238 Å². The summed E-state index contributed by atoms with van der Waals surface area (Å²) < 4.78 is 17.6. The van der Waals surface area contributed by atoms with Gasteiger partial charge in [-0.25, -0.2) is 0 Å². The van der Waals surface area contributed by atoms with Crippen molar-refractivity contribution in [3.8, 4) is 0 Å². The van der Waals surface area contributed by atoms with Gasteiger partial charge < -0.3 is 148 Å². The fourth-order valence-corrected chi connectivity index (χ4v) is 11.5. The van der Waals surface area contributed by atoms with E-state index in [1.165, 1.54) is 14.7 Å². The molecule has 3 N–H and O–H groups in total. The second kappa shape index (κ2) is 65.4. The molecule has 0 aliphatic carbocycles. The van der Waals surface area contributed by atoms with E-state index < -0.39 is 224 Å². The van der Waals surface area contributed by atoms with E-state index in [4.69, 9.17) is 14.2 Å². The Hall–Kier alpha value is -5.47. The zero-order chi connectivity index (χ0) is 83.9. The van der Waals surface area contributed by atoms with E-state index in [0.717, 1.165) is 29.4 Å². The molecule has 0 aliphatic rings. The molecule has 0 spiro atoms. The van der Waals surface area contributed by atoms with Gasteiger partial charge in [0.05, 0.1) is 128 Å². The molecule has 3 rings (SSSR count). The molecule has 0 heterocycles. The number of carboxylic acid groups (broad SMARTS) is 15. The number of carboxylic acids is 15. The predicted octanol–water partition coefficient (Wildman–Crippen LogP) is -17.6. The molecule has 3 aromatic carbocycles. The molecule has 638 valence electrons. The van der Waals surface area contributed by atoms with Gasteiger partial charge in [0.1, 0.15) is 0 Å². The van der Waals surface area contributed by atoms with Gasteiger partial charge in [0.25, 0.3) is 0 Å². The number of nitrogens with zero attached hydrogens (tertiary/aromatic N) is 9. The fraction of sp³-hybridized carbons (Fsp3) is 0.522. The van der Waals surface area contributed by atoms with Gasteiger partial charge in [0.2, 0.25) is 0 Å². The molecule has 42 nitrogen and oxygen atoms in total. The first-order valence-electron chi connectivity index (χ1n) is 33.9. The number of rotatable bonds is 60. The van der Waals surface area contributed by atoms with Gasteiger partial charge in [-0.05, 0) is 37.5 Å². The fourth-order valence-electron chi connectivity index (χ4n) is 11.5. The molecule has 0 aromatic heterocycles. The minimum atomic E-state index is -1.57. The van der Waals surface area contributed by atoms with Gasteiger partial charge in [-0.1, -0.05) is 91.0 Å². The number of benzene rings is 3. The average Bonchev–Trinajstić information content (AvgIpc) is 0.835. The molecular formula is C69H87Gd4N9O33. The van der Waals surface area contributed by atoms with Crippen LogP contribution < -0.4 is 61.3 Å². The van der Waals surface area contributed by atoms with Crippen molar-refractivity contribution in [2.45, 2.75) is 57.2 Å². The molecule has 0 amide bonds. The van der Waals surface area contributed by atoms with Crippen LogP contribution in [0.3, 0.4) is 0 Å². The zero-order valence-corrected chi connectivity index (χ0v) is 71.3. The van der Waals surface area contributed by atoms with Crippen molar-refractivity contribution in [3.63, 3.8) is 0 Å². The van der Waals surface area contributed by atoms with Crippen LogP contribution in [0.1, 0.15) is 55.8 Å². The monoisotopic (exact) mass is 2200 g/mol. The minimum absolute atomic E-state index is 0. The third-order valence-corrected chi connectivity index (χ3v) is 15.6. The Kier molecular flexibility index (Phi) is 65.9. The second-order valence-corrected chi connectivity index (χ2v) is 24.3. The van der Waals surface area contributed by atoms with Crippen LogP contribution in [-0.2, 0) is 86.1 Å². The van der Waals surface area contributed by atoms with Gasteiger partial charge >= 0.3 is 178 Å². The maximum atomic E-state index is 11.6. The van der Waals surface area contributed by atoms with Crippen molar-refractivity contribution in [1.29, 1.82) is 0 Å². The summed E-state index contributed by atoms with van der Waals surface area (Å²) in [5.41, 5.74) is 1.69. The molecular weight excluding hydrogens is 2110 g/mol. The first-order valence-corrected chi connectivity index (χ1v) is 33.9. The quantitative estimate of drug-likeness (QED) is 0.0472. The summed E-state index contributed by atoms with van der Waals surface area (Å²) in [6, 6.07) is 22.3. The summed E-state index contributed by atoms with van der Waals surface area (Å²) in [4.78, 5) is 179. The Balaban J connectivity index is -0.000000790. The van der Waals surface area contributed by atoms with Crippen LogP contribution in [0.15, 0.2) is 91.0 Å². The average molecular weight is 2200 g/mol. The van der Waals surface area contributed by atoms with E-state index in [2.05, 4.69) is 0 Å². The van der Waals surface area contributed by atoms with Crippen LogP contribution >= 0.6 is 0 Å². The topological polar surface area (TPSA) is 650 Å². The number of hydrogen-bond acceptors (Lipinski definition) is 39. The summed E-state index contributed by atoms with van der Waals surface area (Å²) in [7, 11) is 0. The van der Waals surface area contributed by atoms with Crippen LogP contribution in [0.25, 0.3) is 0 Å². The number of carbonyl (C=O) groups is 15. The Bertz CT molecular complexity index is 3020. The van der Waals surface area contributed by atoms with Gasteiger partial charge in [-0.3, -0.25) is 58.5 Å². The molecule has 6 unspecified atom stereocenters. The third-order valence-electron chi connectivity index (χ3n) is 15.6. The molecule has 4 radical (unpaired) electrons. The van der Waals surface area contributed by atoms with E-state index in [9.17, 15) is 149 Å². The first kappa shape index (κ1) is 116. The molecule has 115 heavy (non-hydrogen) atoms. The Morgan fingerprint density at radius 1 is 0.261 bits per heavy atom. The van der Waals surface area contributed by atoms with Crippen LogP contribution in [-0.4, -0.2) is 344 Å². The van der Waals surface area contributed by atoms with Crippen molar-refractivity contribution in [1.82, 2.24) is 44.1 Å². The third kappa shape index (κ3) is 54.4. The van der Waals surface area contributed by atoms with Gasteiger partial charge in [0.15, 0.2) is 0 Å². The predicted molar refractivity (Wildman–Crippen MR) is 350 cm³/mol. The molecule has 3 aromatic rings. The van der Waals surface area contributed by atoms with Crippen LogP contribution in [0.5, 0.6) is 0 Å². The minimum Gasteiger partial charge on any atom is -0.549 e. The van der Waals surface area contributed by atoms with Gasteiger partial charge in [-0.2, -0.15) is 0 Å².